The van der Waals surface area contributed by atoms with E-state index < -0.39 is 0 Å². The van der Waals surface area contributed by atoms with Crippen LogP contribution in [0.25, 0.3) is 11.0 Å². The highest BCUT2D eigenvalue weighted by atomic mass is 16.3. The van der Waals surface area contributed by atoms with E-state index in [0.717, 1.165) is 37.0 Å². The number of aliphatic hydroxyl groups excluding tert-OH is 1. The van der Waals surface area contributed by atoms with Crippen LogP contribution >= 0.6 is 0 Å². The summed E-state index contributed by atoms with van der Waals surface area (Å²) in [7, 11) is 0. The molecule has 0 bridgehead atoms. The number of nitrogens with one attached hydrogen (secondary N) is 2. The first-order chi connectivity index (χ1) is 10.8. The zero-order valence-corrected chi connectivity index (χ0v) is 12.6. The summed E-state index contributed by atoms with van der Waals surface area (Å²) in [5.74, 6) is 0.160. The molecule has 3 rings (SSSR count). The summed E-state index contributed by atoms with van der Waals surface area (Å²) in [5.41, 5.74) is 1.66. The number of hydrogen-bond acceptors (Lipinski definition) is 4. The molecule has 1 aromatic heterocycles. The third kappa shape index (κ3) is 3.28. The van der Waals surface area contributed by atoms with Crippen molar-refractivity contribution < 1.29 is 9.90 Å². The number of H-pyrrole nitrogens is 1. The second kappa shape index (κ2) is 6.89. The first-order valence-corrected chi connectivity index (χ1v) is 7.86. The lowest BCUT2D eigenvalue weighted by Gasteiger charge is -2.34. The van der Waals surface area contributed by atoms with Crippen molar-refractivity contribution in [3.8, 4) is 0 Å². The monoisotopic (exact) mass is 302 g/mol. The van der Waals surface area contributed by atoms with Crippen LogP contribution in [0.1, 0.15) is 29.9 Å². The molecule has 2 heterocycles. The molecule has 0 spiro atoms. The number of aromatic amines is 1. The van der Waals surface area contributed by atoms with Crippen LogP contribution in [0.3, 0.4) is 0 Å². The van der Waals surface area contributed by atoms with Gasteiger partial charge in [0.25, 0.3) is 5.91 Å². The smallest absolute Gasteiger partial charge is 0.287 e. The van der Waals surface area contributed by atoms with Gasteiger partial charge in [-0.25, -0.2) is 4.98 Å². The lowest BCUT2D eigenvalue weighted by Crippen LogP contribution is -2.45. The van der Waals surface area contributed by atoms with Crippen molar-refractivity contribution in [1.82, 2.24) is 20.2 Å². The summed E-state index contributed by atoms with van der Waals surface area (Å²) in [6.45, 7) is 2.51. The summed E-state index contributed by atoms with van der Waals surface area (Å²) >= 11 is 0. The number of aliphatic hydroxyl groups is 1. The number of hydrogen-bond donors (Lipinski definition) is 3. The van der Waals surface area contributed by atoms with Gasteiger partial charge in [-0.3, -0.25) is 9.69 Å². The molecule has 1 amide bonds. The first-order valence-electron chi connectivity index (χ1n) is 7.86. The van der Waals surface area contributed by atoms with Gasteiger partial charge in [-0.2, -0.15) is 0 Å². The summed E-state index contributed by atoms with van der Waals surface area (Å²) in [6, 6.07) is 7.82. The fraction of sp³-hybridized carbons (Fsp3) is 0.500. The molecular weight excluding hydrogens is 280 g/mol. The van der Waals surface area contributed by atoms with Gasteiger partial charge in [-0.15, -0.1) is 0 Å². The van der Waals surface area contributed by atoms with Crippen molar-refractivity contribution in [1.29, 1.82) is 0 Å². The number of fused-ring (bicyclic) bond motifs is 1. The van der Waals surface area contributed by atoms with Crippen LogP contribution in [0, 0.1) is 0 Å². The minimum Gasteiger partial charge on any atom is -0.395 e. The maximum Gasteiger partial charge on any atom is 0.287 e. The molecule has 1 saturated heterocycles. The Morgan fingerprint density at radius 3 is 3.09 bits per heavy atom. The molecule has 0 radical (unpaired) electrons. The van der Waals surface area contributed by atoms with Gasteiger partial charge in [0.1, 0.15) is 0 Å². The van der Waals surface area contributed by atoms with Crippen LogP contribution < -0.4 is 5.32 Å². The zero-order chi connectivity index (χ0) is 15.4. The number of nitrogens with zero attached hydrogens (tertiary/aromatic N) is 2. The van der Waals surface area contributed by atoms with Crippen molar-refractivity contribution in [2.45, 2.75) is 25.3 Å². The topological polar surface area (TPSA) is 81.2 Å². The Bertz CT molecular complexity index is 607. The number of rotatable bonds is 5. The summed E-state index contributed by atoms with van der Waals surface area (Å²) in [6.07, 6.45) is 3.37. The van der Waals surface area contributed by atoms with Crippen LogP contribution in [-0.4, -0.2) is 58.2 Å². The van der Waals surface area contributed by atoms with Gasteiger partial charge in [0.05, 0.1) is 17.6 Å². The number of imidazole rings is 1. The number of para-hydroxylation sites is 2. The zero-order valence-electron chi connectivity index (χ0n) is 12.6. The van der Waals surface area contributed by atoms with E-state index in [-0.39, 0.29) is 18.6 Å². The maximum absolute atomic E-state index is 12.1. The molecule has 1 aliphatic rings. The quantitative estimate of drug-likeness (QED) is 0.773. The molecule has 1 aromatic carbocycles. The average Bonchev–Trinajstić information content (AvgIpc) is 2.99. The van der Waals surface area contributed by atoms with E-state index in [0.29, 0.717) is 12.4 Å². The van der Waals surface area contributed by atoms with Gasteiger partial charge in [0.2, 0.25) is 0 Å². The summed E-state index contributed by atoms with van der Waals surface area (Å²) in [4.78, 5) is 21.7. The highest BCUT2D eigenvalue weighted by molar-refractivity contribution is 5.94. The normalized spacial score (nSPS) is 19.4. The number of carbonyl (C=O) groups excluding carboxylic acids is 1. The molecule has 3 N–H and O–H groups in total. The van der Waals surface area contributed by atoms with E-state index in [1.807, 2.05) is 24.3 Å². The number of benzene rings is 1. The molecule has 1 aliphatic heterocycles. The van der Waals surface area contributed by atoms with Gasteiger partial charge in [-0.1, -0.05) is 18.6 Å². The lowest BCUT2D eigenvalue weighted by atomic mass is 10.0. The number of likely N-dealkylation sites (tertiary alicyclic amines) is 1. The standard InChI is InChI=1S/C16H22N4O2/c21-11-12-5-3-4-9-20(12)10-8-17-16(22)15-18-13-6-1-2-7-14(13)19-15/h1-2,6-7,12,21H,3-5,8-11H2,(H,17,22)(H,18,19)/t12-/m1/s1. The van der Waals surface area contributed by atoms with Gasteiger partial charge < -0.3 is 15.4 Å². The Balaban J connectivity index is 1.53. The highest BCUT2D eigenvalue weighted by Crippen LogP contribution is 2.15. The lowest BCUT2D eigenvalue weighted by molar-refractivity contribution is 0.0845. The minimum atomic E-state index is -0.186. The molecule has 118 valence electrons. The molecule has 6 nitrogen and oxygen atoms in total. The third-order valence-electron chi connectivity index (χ3n) is 4.25. The molecule has 6 heteroatoms. The Morgan fingerprint density at radius 2 is 2.27 bits per heavy atom. The van der Waals surface area contributed by atoms with Crippen molar-refractivity contribution in [2.75, 3.05) is 26.2 Å². The van der Waals surface area contributed by atoms with Crippen LogP contribution in [-0.2, 0) is 0 Å². The Morgan fingerprint density at radius 1 is 1.41 bits per heavy atom. The van der Waals surface area contributed by atoms with Crippen LogP contribution in [0.15, 0.2) is 24.3 Å². The van der Waals surface area contributed by atoms with Crippen molar-refractivity contribution in [3.05, 3.63) is 30.1 Å². The average molecular weight is 302 g/mol. The fourth-order valence-corrected chi connectivity index (χ4v) is 3.02. The second-order valence-electron chi connectivity index (χ2n) is 5.73. The maximum atomic E-state index is 12.1. The van der Waals surface area contributed by atoms with Crippen molar-refractivity contribution in [3.63, 3.8) is 0 Å². The highest BCUT2D eigenvalue weighted by Gasteiger charge is 2.21. The van der Waals surface area contributed by atoms with Gasteiger partial charge in [0, 0.05) is 19.1 Å². The van der Waals surface area contributed by atoms with Gasteiger partial charge in [0.15, 0.2) is 5.82 Å². The molecule has 0 aliphatic carbocycles. The fourth-order valence-electron chi connectivity index (χ4n) is 3.02. The first kappa shape index (κ1) is 15.0. The number of piperidine rings is 1. The molecular formula is C16H22N4O2. The van der Waals surface area contributed by atoms with Crippen LogP contribution in [0.5, 0.6) is 0 Å². The van der Waals surface area contributed by atoms with E-state index in [4.69, 9.17) is 0 Å². The largest absolute Gasteiger partial charge is 0.395 e. The molecule has 1 fully saturated rings. The Hall–Kier alpha value is -1.92. The van der Waals surface area contributed by atoms with Crippen molar-refractivity contribution in [2.24, 2.45) is 0 Å². The molecule has 2 aromatic rings. The Kier molecular flexibility index (Phi) is 4.70. The van der Waals surface area contributed by atoms with Crippen LogP contribution in [0.2, 0.25) is 0 Å². The minimum absolute atomic E-state index is 0.186. The number of carbonyl (C=O) groups is 1. The van der Waals surface area contributed by atoms with Gasteiger partial charge >= 0.3 is 0 Å². The van der Waals surface area contributed by atoms with E-state index in [1.165, 1.54) is 6.42 Å². The SMILES string of the molecule is O=C(NCCN1CCCC[C@@H]1CO)c1nc2ccccc2[nH]1. The van der Waals surface area contributed by atoms with E-state index in [2.05, 4.69) is 20.2 Å². The van der Waals surface area contributed by atoms with E-state index in [9.17, 15) is 9.90 Å². The predicted octanol–water partition coefficient (Wildman–Crippen LogP) is 1.14. The third-order valence-corrected chi connectivity index (χ3v) is 4.25. The molecule has 0 unspecified atom stereocenters. The molecule has 22 heavy (non-hydrogen) atoms. The number of aromatic nitrogens is 2. The summed E-state index contributed by atoms with van der Waals surface area (Å²) < 4.78 is 0. The predicted molar refractivity (Wildman–Crippen MR) is 84.7 cm³/mol. The number of amides is 1. The van der Waals surface area contributed by atoms with E-state index in [1.54, 1.807) is 0 Å². The Labute approximate surface area is 129 Å². The van der Waals surface area contributed by atoms with Crippen LogP contribution in [0.4, 0.5) is 0 Å². The van der Waals surface area contributed by atoms with E-state index >= 15 is 0 Å². The summed E-state index contributed by atoms with van der Waals surface area (Å²) in [5, 5.41) is 12.3. The van der Waals surface area contributed by atoms with Crippen molar-refractivity contribution >= 4 is 16.9 Å². The molecule has 1 atom stereocenters. The second-order valence-corrected chi connectivity index (χ2v) is 5.73. The van der Waals surface area contributed by atoms with Gasteiger partial charge in [-0.05, 0) is 31.5 Å². The molecule has 0 saturated carbocycles.